The van der Waals surface area contributed by atoms with Crippen LogP contribution in [0.5, 0.6) is 23.0 Å². The first kappa shape index (κ1) is 68.9. The maximum atomic E-state index is 13.1. The largest absolute Gasteiger partial charge is 0.488 e. The first-order valence-electron chi connectivity index (χ1n) is 26.8. The van der Waals surface area contributed by atoms with Gasteiger partial charge in [0.15, 0.2) is 12.1 Å². The van der Waals surface area contributed by atoms with Crippen molar-refractivity contribution < 1.29 is 62.3 Å². The van der Waals surface area contributed by atoms with E-state index in [9.17, 15) is 24.0 Å². The standard InChI is InChI=1S/C31H33ClN2O5.C24H24O3.C6H9ClO3.C2H6O.CH4N2O/c1-4-37-30(35)28-25(17-32)33-31(36)34-29(28)24-15-23(20(2)3)26(38-18-21-11-7-5-8-12-21)16-27(24)39-19-22-13-9-6-10-14-22;1-18(2)22-13-21(15-25)23(26-16-19-9-5-3-6-10-19)14-24(22)27-17-20-11-7-4-8-12-20;1-2-10-6(9)3-5(8)4-7;1-2-3;2-1(3)4/h5-16,20,29H,4,17-19H2,1-3H3,(H2,33,34,36);3-15,18H,16-17H2,1-2H3;2-4H2,1H3;3H,2H2,1H3;(H4,2,3,4). The number of esters is 2. The van der Waals surface area contributed by atoms with Crippen molar-refractivity contribution in [3.8, 4) is 23.0 Å². The van der Waals surface area contributed by atoms with Crippen molar-refractivity contribution >= 4 is 59.3 Å². The lowest BCUT2D eigenvalue weighted by atomic mass is 9.90. The summed E-state index contributed by atoms with van der Waals surface area (Å²) in [5, 5.41) is 13.1. The quantitative estimate of drug-likeness (QED) is 0.0173. The molecule has 1 unspecified atom stereocenters. The summed E-state index contributed by atoms with van der Waals surface area (Å²) in [4.78, 5) is 67.3. The molecule has 6 aromatic carbocycles. The Kier molecular flexibility index (Phi) is 31.8. The Morgan fingerprint density at radius 1 is 0.602 bits per heavy atom. The maximum absolute atomic E-state index is 13.1. The highest BCUT2D eigenvalue weighted by molar-refractivity contribution is 6.28. The van der Waals surface area contributed by atoms with Crippen LogP contribution in [-0.4, -0.2) is 72.8 Å². The van der Waals surface area contributed by atoms with Gasteiger partial charge in [0, 0.05) is 30.0 Å². The van der Waals surface area contributed by atoms with E-state index in [1.165, 1.54) is 0 Å². The third-order valence-electron chi connectivity index (χ3n) is 11.5. The number of primary amides is 2. The molecule has 0 aliphatic carbocycles. The zero-order valence-corrected chi connectivity index (χ0v) is 49.5. The van der Waals surface area contributed by atoms with E-state index in [1.54, 1.807) is 20.8 Å². The molecule has 0 radical (unpaired) electrons. The fourth-order valence-electron chi connectivity index (χ4n) is 7.68. The van der Waals surface area contributed by atoms with Gasteiger partial charge in [-0.15, -0.1) is 23.2 Å². The van der Waals surface area contributed by atoms with Gasteiger partial charge in [0.1, 0.15) is 55.8 Å². The minimum atomic E-state index is -0.835. The number of halogens is 2. The molecule has 1 heterocycles. The Labute approximate surface area is 496 Å². The van der Waals surface area contributed by atoms with Crippen molar-refractivity contribution in [1.29, 1.82) is 0 Å². The molecular formula is C64H76Cl2N4O13. The number of urea groups is 2. The van der Waals surface area contributed by atoms with E-state index in [-0.39, 0.29) is 61.2 Å². The lowest BCUT2D eigenvalue weighted by molar-refractivity contribution is -0.145. The molecule has 17 nitrogen and oxygen atoms in total. The first-order valence-corrected chi connectivity index (χ1v) is 27.9. The molecule has 6 aromatic rings. The number of hydrogen-bond donors (Lipinski definition) is 5. The minimum Gasteiger partial charge on any atom is -0.488 e. The monoisotopic (exact) mass is 1180 g/mol. The van der Waals surface area contributed by atoms with Crippen LogP contribution in [0.2, 0.25) is 0 Å². The van der Waals surface area contributed by atoms with E-state index in [0.717, 1.165) is 45.4 Å². The number of hydrogen-bond acceptors (Lipinski definition) is 13. The summed E-state index contributed by atoms with van der Waals surface area (Å²) in [7, 11) is 0. The highest BCUT2D eigenvalue weighted by Crippen LogP contribution is 2.41. The molecule has 0 bridgehead atoms. The summed E-state index contributed by atoms with van der Waals surface area (Å²) >= 11 is 11.3. The lowest BCUT2D eigenvalue weighted by Crippen LogP contribution is -2.46. The Balaban J connectivity index is 0.000000352. The smallest absolute Gasteiger partial charge is 0.338 e. The van der Waals surface area contributed by atoms with Crippen molar-refractivity contribution in [2.75, 3.05) is 31.6 Å². The molecule has 444 valence electrons. The number of allylic oxidation sites excluding steroid dienone is 1. The molecule has 1 atom stereocenters. The van der Waals surface area contributed by atoms with Crippen molar-refractivity contribution in [2.24, 2.45) is 11.5 Å². The topological polar surface area (TPSA) is 254 Å². The van der Waals surface area contributed by atoms with E-state index in [0.29, 0.717) is 60.5 Å². The summed E-state index contributed by atoms with van der Waals surface area (Å²) < 4.78 is 34.5. The lowest BCUT2D eigenvalue weighted by Gasteiger charge is -2.31. The van der Waals surface area contributed by atoms with Crippen molar-refractivity contribution in [3.05, 3.63) is 201 Å². The second kappa shape index (κ2) is 38.3. The number of benzene rings is 6. The third-order valence-corrected chi connectivity index (χ3v) is 12.1. The number of Topliss-reactive ketones (excluding diaryl/α,β-unsaturated/α-hetero) is 1. The molecule has 0 aromatic heterocycles. The van der Waals surface area contributed by atoms with Gasteiger partial charge in [0.2, 0.25) is 0 Å². The molecule has 0 spiro atoms. The number of carbonyl (C=O) groups is 6. The summed E-state index contributed by atoms with van der Waals surface area (Å²) in [6.07, 6.45) is 0.629. The van der Waals surface area contributed by atoms with Crippen LogP contribution < -0.4 is 41.0 Å². The second-order valence-corrected chi connectivity index (χ2v) is 19.1. The predicted molar refractivity (Wildman–Crippen MR) is 322 cm³/mol. The molecule has 1 aliphatic rings. The zero-order valence-electron chi connectivity index (χ0n) is 48.0. The molecular weight excluding hydrogens is 1100 g/mol. The average Bonchev–Trinajstić information content (AvgIpc) is 3.67. The number of carbonyl (C=O) groups excluding carboxylic acids is 6. The number of aldehydes is 1. The Hall–Kier alpha value is -8.38. The van der Waals surface area contributed by atoms with Gasteiger partial charge in [-0.3, -0.25) is 14.4 Å². The highest BCUT2D eigenvalue weighted by Gasteiger charge is 2.36. The van der Waals surface area contributed by atoms with Crippen molar-refractivity contribution in [2.45, 2.75) is 99.2 Å². The van der Waals surface area contributed by atoms with Crippen LogP contribution >= 0.6 is 23.2 Å². The third kappa shape index (κ3) is 24.7. The van der Waals surface area contributed by atoms with Crippen LogP contribution in [0.4, 0.5) is 9.59 Å². The molecule has 83 heavy (non-hydrogen) atoms. The normalized spacial score (nSPS) is 12.1. The van der Waals surface area contributed by atoms with Crippen LogP contribution in [0, 0.1) is 0 Å². The number of aliphatic hydroxyl groups excluding tert-OH is 1. The molecule has 4 amide bonds. The Bertz CT molecular complexity index is 2980. The van der Waals surface area contributed by atoms with Gasteiger partial charge in [-0.1, -0.05) is 149 Å². The minimum absolute atomic E-state index is 0.0619. The van der Waals surface area contributed by atoms with Gasteiger partial charge in [-0.2, -0.15) is 0 Å². The Morgan fingerprint density at radius 2 is 0.988 bits per heavy atom. The number of amides is 4. The van der Waals surface area contributed by atoms with E-state index >= 15 is 0 Å². The van der Waals surface area contributed by atoms with Gasteiger partial charge in [0.25, 0.3) is 0 Å². The van der Waals surface area contributed by atoms with Crippen LogP contribution in [0.1, 0.15) is 122 Å². The van der Waals surface area contributed by atoms with Gasteiger partial charge >= 0.3 is 24.0 Å². The molecule has 0 fully saturated rings. The second-order valence-electron chi connectivity index (χ2n) is 18.5. The molecule has 7 N–H and O–H groups in total. The average molecular weight is 1180 g/mol. The number of nitrogens with two attached hydrogens (primary N) is 2. The van der Waals surface area contributed by atoms with Crippen LogP contribution in [0.15, 0.2) is 157 Å². The fraction of sp³-hybridized carbons (Fsp3) is 0.312. The van der Waals surface area contributed by atoms with Crippen LogP contribution in [0.25, 0.3) is 0 Å². The SMILES string of the molecule is CC(C)c1cc(C=O)c(OCc2ccccc2)cc1OCc1ccccc1.CCO.CCOC(=O)C1=C(CCl)NC(=O)NC1c1cc(C(C)C)c(OCc2ccccc2)cc1OCc1ccccc1.CCOC(=O)CC(=O)CCl.NC(N)=O. The van der Waals surface area contributed by atoms with E-state index in [1.807, 2.05) is 146 Å². The number of nitrogens with one attached hydrogen (secondary N) is 2. The number of alkyl halides is 2. The molecule has 19 heteroatoms. The van der Waals surface area contributed by atoms with Crippen molar-refractivity contribution in [3.63, 3.8) is 0 Å². The molecule has 7 rings (SSSR count). The summed E-state index contributed by atoms with van der Waals surface area (Å²) in [5.41, 5.74) is 16.3. The van der Waals surface area contributed by atoms with Crippen LogP contribution in [0.3, 0.4) is 0 Å². The van der Waals surface area contributed by atoms with Gasteiger partial charge < -0.3 is 55.6 Å². The van der Waals surface area contributed by atoms with E-state index < -0.39 is 30.0 Å². The summed E-state index contributed by atoms with van der Waals surface area (Å²) in [6, 6.07) is 44.9. The number of ether oxygens (including phenoxy) is 6. The highest BCUT2D eigenvalue weighted by atomic mass is 35.5. The predicted octanol–water partition coefficient (Wildman–Crippen LogP) is 11.9. The summed E-state index contributed by atoms with van der Waals surface area (Å²) in [6.45, 7) is 15.7. The van der Waals surface area contributed by atoms with Gasteiger partial charge in [-0.25, -0.2) is 14.4 Å². The number of ketones is 1. The van der Waals surface area contributed by atoms with Crippen molar-refractivity contribution in [1.82, 2.24) is 10.6 Å². The fourth-order valence-corrected chi connectivity index (χ4v) is 7.98. The molecule has 0 saturated heterocycles. The molecule has 1 aliphatic heterocycles. The zero-order chi connectivity index (χ0) is 61.1. The van der Waals surface area contributed by atoms with Gasteiger partial charge in [0.05, 0.1) is 42.2 Å². The first-order chi connectivity index (χ1) is 39.9. The maximum Gasteiger partial charge on any atom is 0.338 e. The van der Waals surface area contributed by atoms with E-state index in [4.69, 9.17) is 56.8 Å². The molecule has 0 saturated carbocycles. The summed E-state index contributed by atoms with van der Waals surface area (Å²) in [5.74, 6) is 1.20. The number of aliphatic hydroxyl groups is 1. The Morgan fingerprint density at radius 3 is 1.36 bits per heavy atom. The van der Waals surface area contributed by atoms with E-state index in [2.05, 4.69) is 54.5 Å². The van der Waals surface area contributed by atoms with Gasteiger partial charge in [-0.05, 0) is 78.1 Å². The number of rotatable bonds is 23. The van der Waals surface area contributed by atoms with Crippen LogP contribution in [-0.2, 0) is 50.3 Å².